The average Bonchev–Trinajstić information content (AvgIpc) is 3.44. The molecule has 252 valence electrons. The second-order valence-corrected chi connectivity index (χ2v) is 14.4. The van der Waals surface area contributed by atoms with Gasteiger partial charge in [-0.25, -0.2) is 0 Å². The molecule has 0 radical (unpaired) electrons. The van der Waals surface area contributed by atoms with Crippen LogP contribution >= 0.6 is 39.1 Å². The van der Waals surface area contributed by atoms with E-state index >= 15 is 0 Å². The molecular formula is C37H31BrCl2N2O7. The van der Waals surface area contributed by atoms with Crippen molar-refractivity contribution >= 4 is 80.6 Å². The van der Waals surface area contributed by atoms with Crippen LogP contribution in [0.25, 0.3) is 12.2 Å². The van der Waals surface area contributed by atoms with Gasteiger partial charge in [0.2, 0.25) is 11.8 Å². The largest absolute Gasteiger partial charge is 0.508 e. The molecule has 3 fully saturated rings. The summed E-state index contributed by atoms with van der Waals surface area (Å²) in [5.41, 5.74) is 3.10. The minimum absolute atomic E-state index is 0.0531. The number of rotatable bonds is 7. The van der Waals surface area contributed by atoms with Gasteiger partial charge >= 0.3 is 0 Å². The number of carbonyl (C=O) groups excluding carboxylic acids is 4. The Hall–Kier alpha value is -4.12. The van der Waals surface area contributed by atoms with Crippen LogP contribution in [0.1, 0.15) is 35.4 Å². The lowest BCUT2D eigenvalue weighted by Crippen LogP contribution is -2.60. The topological polar surface area (TPSA) is 113 Å². The number of carbonyl (C=O) groups is 4. The van der Waals surface area contributed by atoms with Crippen molar-refractivity contribution in [1.82, 2.24) is 4.90 Å². The third-order valence-electron chi connectivity index (χ3n) is 10.3. The van der Waals surface area contributed by atoms with Gasteiger partial charge < -0.3 is 14.6 Å². The fraction of sp³-hybridized carbons (Fsp3) is 0.297. The standard InChI is InChI=1S/C37H31BrCl2N2O7/c1-48-25-12-15-29(49-2)21(17-25)9-6-20-7-10-23(11-8-20)42-32(44)27-14-13-26-28(30(27)33(42)45)18-36(39)34(46)41(19-38)35(47)37(36,40)31(26)22-4-3-5-24(43)16-22/h3-13,15-17,27-28,30-31,43H,14,18-19H2,1-2H3. The maximum absolute atomic E-state index is 14.3. The lowest BCUT2D eigenvalue weighted by atomic mass is 9.56. The quantitative estimate of drug-likeness (QED) is 0.0962. The fourth-order valence-electron chi connectivity index (χ4n) is 7.98. The molecule has 2 heterocycles. The molecule has 2 saturated heterocycles. The van der Waals surface area contributed by atoms with Gasteiger partial charge in [-0.2, -0.15) is 0 Å². The fourth-order valence-corrected chi connectivity index (χ4v) is 9.40. The van der Waals surface area contributed by atoms with E-state index in [4.69, 9.17) is 32.7 Å². The van der Waals surface area contributed by atoms with Gasteiger partial charge in [-0.15, -0.1) is 23.2 Å². The number of phenolic OH excluding ortho intramolecular Hbond substituents is 1. The summed E-state index contributed by atoms with van der Waals surface area (Å²) in [7, 11) is 3.19. The van der Waals surface area contributed by atoms with E-state index in [1.54, 1.807) is 38.5 Å². The van der Waals surface area contributed by atoms with Crippen LogP contribution in [0.4, 0.5) is 5.69 Å². The summed E-state index contributed by atoms with van der Waals surface area (Å²) in [6.45, 7) is 0. The predicted octanol–water partition coefficient (Wildman–Crippen LogP) is 6.50. The number of amides is 4. The zero-order chi connectivity index (χ0) is 34.8. The van der Waals surface area contributed by atoms with Crippen molar-refractivity contribution in [1.29, 1.82) is 0 Å². The number of nitrogens with zero attached hydrogens (tertiary/aromatic N) is 2. The van der Waals surface area contributed by atoms with Gasteiger partial charge in [0.1, 0.15) is 17.2 Å². The maximum Gasteiger partial charge on any atom is 0.254 e. The second kappa shape index (κ2) is 12.3. The molecular weight excluding hydrogens is 735 g/mol. The Kier molecular flexibility index (Phi) is 8.40. The number of likely N-dealkylation sites (tertiary alicyclic amines) is 1. The number of ether oxygens (including phenoxy) is 2. The highest BCUT2D eigenvalue weighted by Gasteiger charge is 2.76. The number of phenols is 1. The third kappa shape index (κ3) is 4.94. The van der Waals surface area contributed by atoms with Gasteiger partial charge in [0.15, 0.2) is 9.75 Å². The van der Waals surface area contributed by atoms with Gasteiger partial charge in [-0.3, -0.25) is 29.0 Å². The normalized spacial score (nSPS) is 29.2. The molecule has 0 spiro atoms. The molecule has 6 unspecified atom stereocenters. The summed E-state index contributed by atoms with van der Waals surface area (Å²) in [6, 6.07) is 18.9. The molecule has 6 atom stereocenters. The molecule has 49 heavy (non-hydrogen) atoms. The number of imide groups is 2. The SMILES string of the molecule is COc1ccc(OC)c(C=Cc2ccc(N3C(=O)C4CC=C5C(CC6(Cl)C(=O)N(CBr)C(=O)C6(Cl)C5c5cccc(O)c5)C4C3=O)cc2)c1. The van der Waals surface area contributed by atoms with Gasteiger partial charge in [0, 0.05) is 11.5 Å². The summed E-state index contributed by atoms with van der Waals surface area (Å²) >= 11 is 17.7. The first-order valence-electron chi connectivity index (χ1n) is 15.7. The Labute approximate surface area is 301 Å². The molecule has 7 rings (SSSR count). The molecule has 3 aromatic rings. The van der Waals surface area contributed by atoms with E-state index in [2.05, 4.69) is 15.9 Å². The number of benzene rings is 3. The van der Waals surface area contributed by atoms with Crippen molar-refractivity contribution in [3.8, 4) is 17.2 Å². The van der Waals surface area contributed by atoms with Crippen LogP contribution in [0, 0.1) is 17.8 Å². The van der Waals surface area contributed by atoms with Gasteiger partial charge in [0.05, 0.1) is 37.2 Å². The van der Waals surface area contributed by atoms with E-state index in [0.717, 1.165) is 16.0 Å². The first-order chi connectivity index (χ1) is 23.5. The highest BCUT2D eigenvalue weighted by atomic mass is 79.9. The lowest BCUT2D eigenvalue weighted by Gasteiger charge is -2.50. The Morgan fingerprint density at radius 2 is 1.67 bits per heavy atom. The zero-order valence-electron chi connectivity index (χ0n) is 26.4. The number of aromatic hydroxyl groups is 1. The Morgan fingerprint density at radius 3 is 2.35 bits per heavy atom. The van der Waals surface area contributed by atoms with E-state index in [1.165, 1.54) is 17.0 Å². The molecule has 4 amide bonds. The number of methoxy groups -OCH3 is 2. The molecule has 3 aromatic carbocycles. The first kappa shape index (κ1) is 33.4. The smallest absolute Gasteiger partial charge is 0.254 e. The number of halogens is 3. The Bertz CT molecular complexity index is 1970. The maximum atomic E-state index is 14.3. The molecule has 12 heteroatoms. The minimum atomic E-state index is -1.92. The third-order valence-corrected chi connectivity index (χ3v) is 12.2. The number of allylic oxidation sites excluding steroid dienone is 2. The average molecular weight is 766 g/mol. The van der Waals surface area contributed by atoms with Crippen LogP contribution in [0.5, 0.6) is 17.2 Å². The van der Waals surface area contributed by atoms with Crippen molar-refractivity contribution < 1.29 is 33.8 Å². The number of fused-ring (bicyclic) bond motifs is 4. The van der Waals surface area contributed by atoms with Gasteiger partial charge in [-0.05, 0) is 72.4 Å². The van der Waals surface area contributed by atoms with Crippen molar-refractivity contribution in [2.45, 2.75) is 28.5 Å². The molecule has 1 saturated carbocycles. The van der Waals surface area contributed by atoms with E-state index in [1.807, 2.05) is 48.6 Å². The van der Waals surface area contributed by atoms with E-state index in [-0.39, 0.29) is 30.0 Å². The second-order valence-electron chi connectivity index (χ2n) is 12.6. The zero-order valence-corrected chi connectivity index (χ0v) is 29.5. The predicted molar refractivity (Wildman–Crippen MR) is 189 cm³/mol. The van der Waals surface area contributed by atoms with Crippen LogP contribution in [0.2, 0.25) is 0 Å². The molecule has 0 bridgehead atoms. The monoisotopic (exact) mass is 764 g/mol. The molecule has 2 aliphatic heterocycles. The van der Waals surface area contributed by atoms with Gasteiger partial charge in [0.25, 0.3) is 11.8 Å². The highest BCUT2D eigenvalue weighted by Crippen LogP contribution is 2.65. The van der Waals surface area contributed by atoms with Crippen molar-refractivity contribution in [3.63, 3.8) is 0 Å². The minimum Gasteiger partial charge on any atom is -0.508 e. The van der Waals surface area contributed by atoms with E-state index in [9.17, 15) is 24.3 Å². The number of alkyl halides is 3. The molecule has 9 nitrogen and oxygen atoms in total. The lowest BCUT2D eigenvalue weighted by molar-refractivity contribution is -0.138. The Balaban J connectivity index is 1.22. The summed E-state index contributed by atoms with van der Waals surface area (Å²) in [6.07, 6.45) is 5.77. The highest BCUT2D eigenvalue weighted by molar-refractivity contribution is 9.09. The van der Waals surface area contributed by atoms with E-state index in [0.29, 0.717) is 28.3 Å². The summed E-state index contributed by atoms with van der Waals surface area (Å²) in [5.74, 6) is -3.87. The summed E-state index contributed by atoms with van der Waals surface area (Å²) < 4.78 is 10.8. The van der Waals surface area contributed by atoms with Crippen LogP contribution in [0.3, 0.4) is 0 Å². The van der Waals surface area contributed by atoms with Crippen molar-refractivity contribution in [2.75, 3.05) is 24.6 Å². The van der Waals surface area contributed by atoms with Gasteiger partial charge in [-0.1, -0.05) is 64.0 Å². The molecule has 1 N–H and O–H groups in total. The summed E-state index contributed by atoms with van der Waals surface area (Å²) in [5, 5.41) is 10.4. The van der Waals surface area contributed by atoms with E-state index < -0.39 is 51.1 Å². The van der Waals surface area contributed by atoms with Crippen molar-refractivity contribution in [2.24, 2.45) is 17.8 Å². The number of hydrogen-bond acceptors (Lipinski definition) is 7. The number of hydrogen-bond donors (Lipinski definition) is 1. The number of anilines is 1. The van der Waals surface area contributed by atoms with Crippen LogP contribution in [-0.4, -0.2) is 63.1 Å². The van der Waals surface area contributed by atoms with Crippen molar-refractivity contribution in [3.05, 3.63) is 95.1 Å². The van der Waals surface area contributed by atoms with Crippen LogP contribution < -0.4 is 14.4 Å². The van der Waals surface area contributed by atoms with Crippen LogP contribution in [0.15, 0.2) is 78.4 Å². The van der Waals surface area contributed by atoms with Crippen LogP contribution in [-0.2, 0) is 19.2 Å². The molecule has 2 aliphatic carbocycles. The Morgan fingerprint density at radius 1 is 0.918 bits per heavy atom. The first-order valence-corrected chi connectivity index (χ1v) is 17.5. The molecule has 0 aromatic heterocycles. The summed E-state index contributed by atoms with van der Waals surface area (Å²) in [4.78, 5) is 54.3. The molecule has 4 aliphatic rings.